The molecule has 1 aromatic rings. The molecule has 1 aromatic carbocycles. The monoisotopic (exact) mass is 211 g/mol. The quantitative estimate of drug-likeness (QED) is 0.778. The van der Waals surface area contributed by atoms with Crippen LogP contribution < -0.4 is 5.32 Å². The lowest BCUT2D eigenvalue weighted by atomic mass is 10.2. The second-order valence-corrected chi connectivity index (χ2v) is 3.35. The minimum atomic E-state index is -0.490. The standard InChI is InChI=1S/C11H14FNO2/c1-7-4-5-9(12)6-10(7)13-8(2)11(14)15-3/h4-6,8,13H,1-3H3. The van der Waals surface area contributed by atoms with Crippen molar-refractivity contribution in [2.45, 2.75) is 19.9 Å². The van der Waals surface area contributed by atoms with Gasteiger partial charge in [-0.05, 0) is 31.5 Å². The number of methoxy groups -OCH3 is 1. The van der Waals surface area contributed by atoms with Gasteiger partial charge in [-0.2, -0.15) is 0 Å². The van der Waals surface area contributed by atoms with Crippen molar-refractivity contribution in [3.8, 4) is 0 Å². The molecule has 0 saturated heterocycles. The van der Waals surface area contributed by atoms with Crippen LogP contribution in [0.25, 0.3) is 0 Å². The average Bonchev–Trinajstić information content (AvgIpc) is 2.22. The van der Waals surface area contributed by atoms with E-state index in [0.29, 0.717) is 5.69 Å². The zero-order valence-electron chi connectivity index (χ0n) is 9.00. The number of hydrogen-bond donors (Lipinski definition) is 1. The van der Waals surface area contributed by atoms with E-state index in [1.165, 1.54) is 19.2 Å². The van der Waals surface area contributed by atoms with E-state index in [9.17, 15) is 9.18 Å². The predicted octanol–water partition coefficient (Wildman–Crippen LogP) is 2.11. The summed E-state index contributed by atoms with van der Waals surface area (Å²) < 4.78 is 17.5. The molecule has 1 atom stereocenters. The number of esters is 1. The van der Waals surface area contributed by atoms with Crippen molar-refractivity contribution >= 4 is 11.7 Å². The lowest BCUT2D eigenvalue weighted by Gasteiger charge is -2.14. The second-order valence-electron chi connectivity index (χ2n) is 3.35. The van der Waals surface area contributed by atoms with Crippen molar-refractivity contribution in [1.82, 2.24) is 0 Å². The Kier molecular flexibility index (Phi) is 3.66. The maximum absolute atomic E-state index is 12.9. The molecule has 0 aliphatic carbocycles. The van der Waals surface area contributed by atoms with Gasteiger partial charge >= 0.3 is 5.97 Å². The van der Waals surface area contributed by atoms with Crippen LogP contribution >= 0.6 is 0 Å². The summed E-state index contributed by atoms with van der Waals surface area (Å²) in [5.41, 5.74) is 1.49. The smallest absolute Gasteiger partial charge is 0.327 e. The Balaban J connectivity index is 2.80. The molecule has 1 rings (SSSR count). The first-order valence-corrected chi connectivity index (χ1v) is 4.65. The van der Waals surface area contributed by atoms with Crippen molar-refractivity contribution in [1.29, 1.82) is 0 Å². The van der Waals surface area contributed by atoms with Crippen molar-refractivity contribution in [2.24, 2.45) is 0 Å². The average molecular weight is 211 g/mol. The molecule has 4 heteroatoms. The van der Waals surface area contributed by atoms with Gasteiger partial charge in [0.05, 0.1) is 7.11 Å². The van der Waals surface area contributed by atoms with Gasteiger partial charge in [0.25, 0.3) is 0 Å². The molecule has 1 N–H and O–H groups in total. The van der Waals surface area contributed by atoms with E-state index in [2.05, 4.69) is 10.1 Å². The summed E-state index contributed by atoms with van der Waals surface area (Å²) >= 11 is 0. The van der Waals surface area contributed by atoms with Crippen LogP contribution in [-0.4, -0.2) is 19.1 Å². The van der Waals surface area contributed by atoms with Crippen LogP contribution in [0.1, 0.15) is 12.5 Å². The zero-order chi connectivity index (χ0) is 11.4. The molecule has 0 amide bonds. The van der Waals surface area contributed by atoms with Crippen LogP contribution in [0.4, 0.5) is 10.1 Å². The van der Waals surface area contributed by atoms with Gasteiger partial charge in [-0.15, -0.1) is 0 Å². The summed E-state index contributed by atoms with van der Waals surface area (Å²) in [6, 6.07) is 3.90. The fourth-order valence-corrected chi connectivity index (χ4v) is 1.22. The maximum Gasteiger partial charge on any atom is 0.327 e. The van der Waals surface area contributed by atoms with Crippen molar-refractivity contribution in [2.75, 3.05) is 12.4 Å². The summed E-state index contributed by atoms with van der Waals surface area (Å²) in [6.45, 7) is 3.50. The first kappa shape index (κ1) is 11.5. The molecule has 0 bridgehead atoms. The molecule has 15 heavy (non-hydrogen) atoms. The number of hydrogen-bond acceptors (Lipinski definition) is 3. The normalized spacial score (nSPS) is 12.0. The summed E-state index contributed by atoms with van der Waals surface area (Å²) in [5.74, 6) is -0.709. The second kappa shape index (κ2) is 4.77. The summed E-state index contributed by atoms with van der Waals surface area (Å²) in [4.78, 5) is 11.1. The lowest BCUT2D eigenvalue weighted by molar-refractivity contribution is -0.141. The molecule has 0 aliphatic heterocycles. The van der Waals surface area contributed by atoms with Crippen LogP contribution in [-0.2, 0) is 9.53 Å². The van der Waals surface area contributed by atoms with Gasteiger partial charge in [0.1, 0.15) is 11.9 Å². The Morgan fingerprint density at radius 3 is 2.80 bits per heavy atom. The lowest BCUT2D eigenvalue weighted by Crippen LogP contribution is -2.27. The van der Waals surface area contributed by atoms with E-state index >= 15 is 0 Å². The van der Waals surface area contributed by atoms with Crippen LogP contribution in [0, 0.1) is 12.7 Å². The highest BCUT2D eigenvalue weighted by Gasteiger charge is 2.13. The van der Waals surface area contributed by atoms with Crippen LogP contribution in [0.15, 0.2) is 18.2 Å². The topological polar surface area (TPSA) is 38.3 Å². The molecular weight excluding hydrogens is 197 g/mol. The van der Waals surface area contributed by atoms with E-state index in [4.69, 9.17) is 0 Å². The predicted molar refractivity (Wildman–Crippen MR) is 56.2 cm³/mol. The first-order chi connectivity index (χ1) is 7.04. The van der Waals surface area contributed by atoms with Crippen LogP contribution in [0.2, 0.25) is 0 Å². The number of carbonyl (C=O) groups is 1. The number of anilines is 1. The van der Waals surface area contributed by atoms with Crippen molar-refractivity contribution < 1.29 is 13.9 Å². The molecule has 1 unspecified atom stereocenters. The van der Waals surface area contributed by atoms with E-state index in [1.807, 2.05) is 6.92 Å². The molecule has 0 heterocycles. The van der Waals surface area contributed by atoms with E-state index in [1.54, 1.807) is 13.0 Å². The fourth-order valence-electron chi connectivity index (χ4n) is 1.22. The highest BCUT2D eigenvalue weighted by Crippen LogP contribution is 2.17. The number of nitrogens with one attached hydrogen (secondary N) is 1. The number of benzene rings is 1. The van der Waals surface area contributed by atoms with Crippen LogP contribution in [0.3, 0.4) is 0 Å². The maximum atomic E-state index is 12.9. The number of carbonyl (C=O) groups excluding carboxylic acids is 1. The molecule has 0 radical (unpaired) electrons. The van der Waals surface area contributed by atoms with Gasteiger partial charge in [0.2, 0.25) is 0 Å². The summed E-state index contributed by atoms with van der Waals surface area (Å²) in [7, 11) is 1.32. The first-order valence-electron chi connectivity index (χ1n) is 4.65. The highest BCUT2D eigenvalue weighted by atomic mass is 19.1. The molecule has 0 aromatic heterocycles. The third kappa shape index (κ3) is 2.94. The van der Waals surface area contributed by atoms with Gasteiger partial charge in [-0.3, -0.25) is 0 Å². The van der Waals surface area contributed by atoms with E-state index in [0.717, 1.165) is 5.56 Å². The van der Waals surface area contributed by atoms with Crippen molar-refractivity contribution in [3.63, 3.8) is 0 Å². The van der Waals surface area contributed by atoms with Gasteiger partial charge in [-0.25, -0.2) is 9.18 Å². The van der Waals surface area contributed by atoms with E-state index in [-0.39, 0.29) is 11.8 Å². The Morgan fingerprint density at radius 1 is 1.53 bits per heavy atom. The minimum Gasteiger partial charge on any atom is -0.467 e. The number of aryl methyl sites for hydroxylation is 1. The molecule has 3 nitrogen and oxygen atoms in total. The van der Waals surface area contributed by atoms with Crippen molar-refractivity contribution in [3.05, 3.63) is 29.6 Å². The molecule has 0 fully saturated rings. The van der Waals surface area contributed by atoms with Gasteiger partial charge in [0.15, 0.2) is 0 Å². The molecular formula is C11H14FNO2. The SMILES string of the molecule is COC(=O)C(C)Nc1cc(F)ccc1C. The van der Waals surface area contributed by atoms with Crippen LogP contribution in [0.5, 0.6) is 0 Å². The Bertz CT molecular complexity index is 366. The summed E-state index contributed by atoms with van der Waals surface area (Å²) in [5, 5.41) is 2.89. The third-order valence-corrected chi connectivity index (χ3v) is 2.13. The van der Waals surface area contributed by atoms with E-state index < -0.39 is 6.04 Å². The molecule has 0 spiro atoms. The number of ether oxygens (including phenoxy) is 1. The largest absolute Gasteiger partial charge is 0.467 e. The Labute approximate surface area is 88.2 Å². The number of halogens is 1. The fraction of sp³-hybridized carbons (Fsp3) is 0.364. The minimum absolute atomic E-state index is 0.333. The Morgan fingerprint density at radius 2 is 2.20 bits per heavy atom. The van der Waals surface area contributed by atoms with Gasteiger partial charge in [0, 0.05) is 5.69 Å². The molecule has 0 saturated carbocycles. The summed E-state index contributed by atoms with van der Waals surface area (Å²) in [6.07, 6.45) is 0. The third-order valence-electron chi connectivity index (χ3n) is 2.13. The highest BCUT2D eigenvalue weighted by molar-refractivity contribution is 5.79. The molecule has 0 aliphatic rings. The van der Waals surface area contributed by atoms with Gasteiger partial charge < -0.3 is 10.1 Å². The zero-order valence-corrected chi connectivity index (χ0v) is 9.00. The Hall–Kier alpha value is -1.58. The number of rotatable bonds is 3. The molecule has 82 valence electrons. The van der Waals surface area contributed by atoms with Gasteiger partial charge in [-0.1, -0.05) is 6.07 Å².